The molecule has 3 aromatic rings. The van der Waals surface area contributed by atoms with Crippen LogP contribution < -0.4 is 19.5 Å². The van der Waals surface area contributed by atoms with E-state index in [4.69, 9.17) is 9.47 Å². The summed E-state index contributed by atoms with van der Waals surface area (Å²) in [4.78, 5) is 11.9. The summed E-state index contributed by atoms with van der Waals surface area (Å²) in [6.45, 7) is 0.634. The summed E-state index contributed by atoms with van der Waals surface area (Å²) in [6.07, 6.45) is 5.22. The van der Waals surface area contributed by atoms with Crippen molar-refractivity contribution in [1.29, 1.82) is 0 Å². The molecule has 142 valence electrons. The number of rotatable bonds is 8. The number of carbonyl (C=O) groups excluding carboxylic acids is 1. The van der Waals surface area contributed by atoms with Gasteiger partial charge in [0.2, 0.25) is 6.54 Å². The van der Waals surface area contributed by atoms with Gasteiger partial charge in [-0.3, -0.25) is 4.79 Å². The van der Waals surface area contributed by atoms with Gasteiger partial charge in [-0.05, 0) is 29.3 Å². The molecule has 0 aliphatic rings. The van der Waals surface area contributed by atoms with Gasteiger partial charge in [0, 0.05) is 12.1 Å². The van der Waals surface area contributed by atoms with Crippen LogP contribution in [-0.4, -0.2) is 19.2 Å². The highest BCUT2D eigenvalue weighted by atomic mass is 16.5. The largest absolute Gasteiger partial charge is 0.493 e. The number of hydrogen-bond acceptors (Lipinski definition) is 4. The Bertz CT molecular complexity index is 928. The van der Waals surface area contributed by atoms with Crippen LogP contribution in [0.5, 0.6) is 11.5 Å². The Morgan fingerprint density at radius 1 is 1.04 bits per heavy atom. The predicted molar refractivity (Wildman–Crippen MR) is 106 cm³/mol. The highest BCUT2D eigenvalue weighted by Crippen LogP contribution is 2.28. The topological polar surface area (TPSA) is 63.8 Å². The third-order valence-corrected chi connectivity index (χ3v) is 3.93. The summed E-state index contributed by atoms with van der Waals surface area (Å²) in [5.41, 5.74) is 4.38. The number of ether oxygens (including phenoxy) is 2. The molecular formula is C22H22N3O3+. The highest BCUT2D eigenvalue weighted by molar-refractivity contribution is 5.83. The molecular weight excluding hydrogens is 354 g/mol. The zero-order valence-electron chi connectivity index (χ0n) is 15.6. The van der Waals surface area contributed by atoms with Crippen LogP contribution in [0, 0.1) is 0 Å². The Kier molecular flexibility index (Phi) is 6.73. The van der Waals surface area contributed by atoms with E-state index in [-0.39, 0.29) is 12.5 Å². The maximum atomic E-state index is 11.9. The minimum Gasteiger partial charge on any atom is -0.493 e. The number of aromatic nitrogens is 1. The van der Waals surface area contributed by atoms with Gasteiger partial charge in [-0.1, -0.05) is 36.4 Å². The van der Waals surface area contributed by atoms with Crippen molar-refractivity contribution in [1.82, 2.24) is 5.43 Å². The number of amides is 1. The summed E-state index contributed by atoms with van der Waals surface area (Å²) in [7, 11) is 1.60. The van der Waals surface area contributed by atoms with Gasteiger partial charge in [-0.15, -0.1) is 0 Å². The molecule has 0 spiro atoms. The highest BCUT2D eigenvalue weighted by Gasteiger charge is 2.08. The maximum absolute atomic E-state index is 11.9. The van der Waals surface area contributed by atoms with Crippen molar-refractivity contribution in [3.63, 3.8) is 0 Å². The molecule has 0 unspecified atom stereocenters. The van der Waals surface area contributed by atoms with Crippen LogP contribution in [0.15, 0.2) is 84.2 Å². The smallest absolute Gasteiger partial charge is 0.305 e. The van der Waals surface area contributed by atoms with Gasteiger partial charge in [-0.25, -0.2) is 5.43 Å². The average Bonchev–Trinajstić information content (AvgIpc) is 2.74. The predicted octanol–water partition coefficient (Wildman–Crippen LogP) is 2.71. The first-order valence-corrected chi connectivity index (χ1v) is 8.85. The average molecular weight is 376 g/mol. The Labute approximate surface area is 164 Å². The summed E-state index contributed by atoms with van der Waals surface area (Å²) >= 11 is 0. The molecule has 6 nitrogen and oxygen atoms in total. The molecule has 0 aliphatic carbocycles. The van der Waals surface area contributed by atoms with Crippen LogP contribution in [-0.2, 0) is 17.9 Å². The van der Waals surface area contributed by atoms with Crippen LogP contribution in [0.1, 0.15) is 11.1 Å². The molecule has 3 rings (SSSR count). The van der Waals surface area contributed by atoms with E-state index in [1.165, 1.54) is 0 Å². The van der Waals surface area contributed by atoms with Crippen molar-refractivity contribution in [2.45, 2.75) is 13.2 Å². The van der Waals surface area contributed by atoms with Crippen molar-refractivity contribution in [3.8, 4) is 11.5 Å². The molecule has 0 fully saturated rings. The molecule has 0 bridgehead atoms. The Morgan fingerprint density at radius 2 is 1.79 bits per heavy atom. The third-order valence-electron chi connectivity index (χ3n) is 3.93. The Morgan fingerprint density at radius 3 is 2.54 bits per heavy atom. The van der Waals surface area contributed by atoms with Gasteiger partial charge >= 0.3 is 5.91 Å². The number of pyridine rings is 1. The lowest BCUT2D eigenvalue weighted by Crippen LogP contribution is -2.40. The fourth-order valence-electron chi connectivity index (χ4n) is 2.54. The normalized spacial score (nSPS) is 10.6. The third kappa shape index (κ3) is 5.67. The van der Waals surface area contributed by atoms with Crippen LogP contribution in [0.3, 0.4) is 0 Å². The summed E-state index contributed by atoms with van der Waals surface area (Å²) < 4.78 is 13.0. The van der Waals surface area contributed by atoms with Crippen LogP contribution in [0.4, 0.5) is 0 Å². The monoisotopic (exact) mass is 376 g/mol. The maximum Gasteiger partial charge on any atom is 0.305 e. The van der Waals surface area contributed by atoms with E-state index in [2.05, 4.69) is 10.5 Å². The van der Waals surface area contributed by atoms with Crippen LogP contribution in [0.25, 0.3) is 0 Å². The first-order valence-electron chi connectivity index (χ1n) is 8.85. The molecule has 0 radical (unpaired) electrons. The number of hydrazone groups is 1. The molecule has 28 heavy (non-hydrogen) atoms. The minimum atomic E-state index is -0.207. The van der Waals surface area contributed by atoms with E-state index in [1.54, 1.807) is 17.9 Å². The van der Waals surface area contributed by atoms with Crippen molar-refractivity contribution in [2.75, 3.05) is 7.11 Å². The van der Waals surface area contributed by atoms with Crippen molar-refractivity contribution in [3.05, 3.63) is 90.3 Å². The summed E-state index contributed by atoms with van der Waals surface area (Å²) in [6, 6.07) is 21.0. The molecule has 0 saturated heterocycles. The van der Waals surface area contributed by atoms with E-state index in [0.717, 1.165) is 11.1 Å². The van der Waals surface area contributed by atoms with Gasteiger partial charge in [-0.2, -0.15) is 9.67 Å². The van der Waals surface area contributed by atoms with Crippen LogP contribution in [0.2, 0.25) is 0 Å². The Hall–Kier alpha value is -3.67. The van der Waals surface area contributed by atoms with Gasteiger partial charge in [0.25, 0.3) is 0 Å². The van der Waals surface area contributed by atoms with E-state index in [9.17, 15) is 4.79 Å². The SMILES string of the molecule is COc1ccc(/C=N\NC(=O)C[n+]2ccccc2)cc1OCc1ccccc1. The lowest BCUT2D eigenvalue weighted by Gasteiger charge is -2.11. The molecule has 1 heterocycles. The van der Waals surface area contributed by atoms with E-state index >= 15 is 0 Å². The fourth-order valence-corrected chi connectivity index (χ4v) is 2.54. The lowest BCUT2D eigenvalue weighted by molar-refractivity contribution is -0.684. The molecule has 6 heteroatoms. The molecule has 0 atom stereocenters. The number of hydrogen-bond donors (Lipinski definition) is 1. The quantitative estimate of drug-likeness (QED) is 0.374. The van der Waals surface area contributed by atoms with E-state index in [1.807, 2.05) is 79.1 Å². The van der Waals surface area contributed by atoms with E-state index in [0.29, 0.717) is 18.1 Å². The van der Waals surface area contributed by atoms with E-state index < -0.39 is 0 Å². The summed E-state index contributed by atoms with van der Waals surface area (Å²) in [5.74, 6) is 1.04. The van der Waals surface area contributed by atoms with Gasteiger partial charge in [0.15, 0.2) is 23.9 Å². The van der Waals surface area contributed by atoms with Crippen molar-refractivity contribution < 1.29 is 18.8 Å². The molecule has 1 N–H and O–H groups in total. The van der Waals surface area contributed by atoms with Gasteiger partial charge < -0.3 is 9.47 Å². The number of carbonyl (C=O) groups is 1. The number of benzene rings is 2. The minimum absolute atomic E-state index is 0.201. The molecule has 2 aromatic carbocycles. The standard InChI is InChI=1S/C22H21N3O3/c1-27-20-11-10-19(14-21(20)28-17-18-8-4-2-5-9-18)15-23-24-22(26)16-25-12-6-3-7-13-25/h2-15H,16-17H2,1H3/p+1/b23-15-. The van der Waals surface area contributed by atoms with Gasteiger partial charge in [0.05, 0.1) is 13.3 Å². The number of nitrogens with zero attached hydrogens (tertiary/aromatic N) is 2. The Balaban J connectivity index is 1.60. The zero-order chi connectivity index (χ0) is 19.6. The molecule has 1 aromatic heterocycles. The summed E-state index contributed by atoms with van der Waals surface area (Å²) in [5, 5.41) is 4.02. The molecule has 0 saturated carbocycles. The number of methoxy groups -OCH3 is 1. The second-order valence-corrected chi connectivity index (χ2v) is 6.03. The van der Waals surface area contributed by atoms with Crippen molar-refractivity contribution in [2.24, 2.45) is 5.10 Å². The second kappa shape index (κ2) is 9.87. The second-order valence-electron chi connectivity index (χ2n) is 6.03. The number of nitrogens with one attached hydrogen (secondary N) is 1. The molecule has 1 amide bonds. The lowest BCUT2D eigenvalue weighted by atomic mass is 10.2. The van der Waals surface area contributed by atoms with Crippen molar-refractivity contribution >= 4 is 12.1 Å². The zero-order valence-corrected chi connectivity index (χ0v) is 15.6. The molecule has 0 aliphatic heterocycles. The first-order chi connectivity index (χ1) is 13.7. The first kappa shape index (κ1) is 19.1. The fraction of sp³-hybridized carbons (Fsp3) is 0.136. The van der Waals surface area contributed by atoms with Crippen LogP contribution >= 0.6 is 0 Å². The van der Waals surface area contributed by atoms with Gasteiger partial charge in [0.1, 0.15) is 6.61 Å².